The minimum Gasteiger partial charge on any atom is -0.396 e. The number of aliphatic hydroxyl groups excluding tert-OH is 1. The third-order valence-corrected chi connectivity index (χ3v) is 2.35. The van der Waals surface area contributed by atoms with Gasteiger partial charge in [-0.15, -0.1) is 0 Å². The summed E-state index contributed by atoms with van der Waals surface area (Å²) in [5.74, 6) is 0. The second-order valence-electron chi connectivity index (χ2n) is 3.15. The maximum atomic E-state index is 8.87. The van der Waals surface area contributed by atoms with Crippen LogP contribution in [0.5, 0.6) is 0 Å². The molecule has 0 spiro atoms. The summed E-state index contributed by atoms with van der Waals surface area (Å²) in [6.07, 6.45) is 0.665. The molecular formula is C11H13NO. The minimum absolute atomic E-state index is 0.165. The molecule has 0 amide bonds. The van der Waals surface area contributed by atoms with Crippen LogP contribution >= 0.6 is 0 Å². The fourth-order valence-corrected chi connectivity index (χ4v) is 1.64. The first kappa shape index (κ1) is 7.15. The molecule has 2 nitrogen and oxygen atoms in total. The smallest absolute Gasteiger partial charge is 0.0623 e. The Morgan fingerprint density at radius 1 is 1.54 bits per heavy atom. The van der Waals surface area contributed by atoms with Crippen molar-refractivity contribution in [3.05, 3.63) is 36.0 Å². The van der Waals surface area contributed by atoms with Gasteiger partial charge in [-0.05, 0) is 17.5 Å². The molecule has 13 heavy (non-hydrogen) atoms. The summed E-state index contributed by atoms with van der Waals surface area (Å²) in [4.78, 5) is 0. The van der Waals surface area contributed by atoms with Gasteiger partial charge in [0.15, 0.2) is 0 Å². The highest BCUT2D eigenvalue weighted by Gasteiger charge is 2.03. The molecule has 2 heteroatoms. The van der Waals surface area contributed by atoms with Gasteiger partial charge >= 0.3 is 0 Å². The highest BCUT2D eigenvalue weighted by molar-refractivity contribution is 5.81. The van der Waals surface area contributed by atoms with Gasteiger partial charge in [-0.3, -0.25) is 0 Å². The number of nitrogens with zero attached hydrogens (tertiary/aromatic N) is 1. The summed E-state index contributed by atoms with van der Waals surface area (Å²) in [6, 6.07) is 8.13. The summed E-state index contributed by atoms with van der Waals surface area (Å²) in [6.45, 7) is 0.165. The molecule has 1 heterocycles. The van der Waals surface area contributed by atoms with Crippen molar-refractivity contribution in [1.29, 1.82) is 0 Å². The summed E-state index contributed by atoms with van der Waals surface area (Å²) >= 11 is 0. The normalized spacial score (nSPS) is 12.0. The summed E-state index contributed by atoms with van der Waals surface area (Å²) in [7, 11) is 1.98. The van der Waals surface area contributed by atoms with Crippen LogP contribution in [0.2, 0.25) is 0 Å². The Bertz CT molecular complexity index is 462. The van der Waals surface area contributed by atoms with Gasteiger partial charge in [-0.1, -0.05) is 18.2 Å². The van der Waals surface area contributed by atoms with Crippen LogP contribution in [0, 0.1) is 0 Å². The summed E-state index contributed by atoms with van der Waals surface area (Å²) in [5, 5.41) is 9.95. The average molecular weight is 176 g/mol. The van der Waals surface area contributed by atoms with Crippen LogP contribution in [0.25, 0.3) is 10.9 Å². The molecule has 0 saturated carbocycles. The number of hydrogen-bond donors (Lipinski definition) is 1. The zero-order valence-corrected chi connectivity index (χ0v) is 7.62. The molecule has 0 aliphatic rings. The molecule has 0 atom stereocenters. The number of aromatic nitrogens is 1. The van der Waals surface area contributed by atoms with Crippen LogP contribution in [-0.4, -0.2) is 16.3 Å². The number of aliphatic hydroxyl groups is 1. The second kappa shape index (κ2) is 3.23. The maximum absolute atomic E-state index is 8.87. The van der Waals surface area contributed by atoms with Gasteiger partial charge in [-0.25, -0.2) is 0 Å². The number of fused-ring (bicyclic) bond motifs is 1. The highest BCUT2D eigenvalue weighted by Crippen LogP contribution is 2.18. The largest absolute Gasteiger partial charge is 0.396 e. The van der Waals surface area contributed by atoms with Crippen LogP contribution in [0.4, 0.5) is 0 Å². The standard InChI is InChI=1S/C11H13NO/c1-12-10(6-7-13)8-9-4-2-3-5-11(9)12/h2-5,8,13H,6-7H2,1H3/i2D. The van der Waals surface area contributed by atoms with Gasteiger partial charge in [0.25, 0.3) is 0 Å². The molecule has 68 valence electrons. The van der Waals surface area contributed by atoms with E-state index in [9.17, 15) is 0 Å². The Hall–Kier alpha value is -1.28. The number of para-hydroxylation sites is 1. The lowest BCUT2D eigenvalue weighted by atomic mass is 10.2. The van der Waals surface area contributed by atoms with E-state index in [4.69, 9.17) is 6.48 Å². The first-order valence-electron chi connectivity index (χ1n) is 4.88. The zero-order valence-electron chi connectivity index (χ0n) is 8.62. The third-order valence-electron chi connectivity index (χ3n) is 2.35. The first-order valence-corrected chi connectivity index (χ1v) is 4.38. The highest BCUT2D eigenvalue weighted by atomic mass is 16.3. The van der Waals surface area contributed by atoms with E-state index < -0.39 is 0 Å². The molecule has 0 saturated heterocycles. The van der Waals surface area contributed by atoms with E-state index in [1.165, 1.54) is 0 Å². The molecule has 0 bridgehead atoms. The first-order chi connectivity index (χ1) is 6.72. The van der Waals surface area contributed by atoms with Crippen molar-refractivity contribution in [2.24, 2.45) is 7.05 Å². The molecule has 1 N–H and O–H groups in total. The van der Waals surface area contributed by atoms with E-state index in [1.54, 1.807) is 6.07 Å². The van der Waals surface area contributed by atoms with E-state index >= 15 is 0 Å². The Morgan fingerprint density at radius 2 is 2.38 bits per heavy atom. The SMILES string of the molecule is [2H]c1ccc2c(c1)cc(CCO)n2C. The molecule has 1 aromatic heterocycles. The average Bonchev–Trinajstić information content (AvgIpc) is 2.44. The Morgan fingerprint density at radius 3 is 3.15 bits per heavy atom. The molecule has 0 fully saturated rings. The number of rotatable bonds is 2. The Kier molecular flexibility index (Phi) is 1.78. The molecule has 2 rings (SSSR count). The van der Waals surface area contributed by atoms with Crippen molar-refractivity contribution in [2.45, 2.75) is 6.42 Å². The van der Waals surface area contributed by atoms with Crippen molar-refractivity contribution in [3.8, 4) is 0 Å². The Balaban J connectivity index is 2.61. The van der Waals surface area contributed by atoms with Gasteiger partial charge in [0.2, 0.25) is 0 Å². The second-order valence-corrected chi connectivity index (χ2v) is 3.15. The predicted octanol–water partition coefficient (Wildman–Crippen LogP) is 1.71. The monoisotopic (exact) mass is 176 g/mol. The molecule has 2 aromatic rings. The minimum atomic E-state index is 0.165. The van der Waals surface area contributed by atoms with Crippen LogP contribution in [0.15, 0.2) is 30.3 Å². The maximum Gasteiger partial charge on any atom is 0.0623 e. The van der Waals surface area contributed by atoms with E-state index in [2.05, 4.69) is 4.57 Å². The van der Waals surface area contributed by atoms with Crippen molar-refractivity contribution < 1.29 is 6.48 Å². The van der Waals surface area contributed by atoms with Gasteiger partial charge in [0.05, 0.1) is 1.37 Å². The van der Waals surface area contributed by atoms with Gasteiger partial charge in [-0.2, -0.15) is 0 Å². The van der Waals surface area contributed by atoms with Crippen molar-refractivity contribution >= 4 is 10.9 Å². The lowest BCUT2D eigenvalue weighted by Gasteiger charge is -2.00. The number of hydrogen-bond acceptors (Lipinski definition) is 1. The quantitative estimate of drug-likeness (QED) is 0.740. The zero-order chi connectivity index (χ0) is 10.1. The topological polar surface area (TPSA) is 25.2 Å². The van der Waals surface area contributed by atoms with Crippen LogP contribution in [-0.2, 0) is 13.5 Å². The number of aryl methyl sites for hydroxylation is 1. The van der Waals surface area contributed by atoms with Crippen molar-refractivity contribution in [3.63, 3.8) is 0 Å². The van der Waals surface area contributed by atoms with Crippen molar-refractivity contribution in [2.75, 3.05) is 6.61 Å². The van der Waals surface area contributed by atoms with E-state index in [0.29, 0.717) is 12.5 Å². The fourth-order valence-electron chi connectivity index (χ4n) is 1.64. The molecular weight excluding hydrogens is 162 g/mol. The summed E-state index contributed by atoms with van der Waals surface area (Å²) < 4.78 is 9.56. The van der Waals surface area contributed by atoms with Gasteiger partial charge in [0.1, 0.15) is 0 Å². The van der Waals surface area contributed by atoms with E-state index in [-0.39, 0.29) is 6.61 Å². The lowest BCUT2D eigenvalue weighted by molar-refractivity contribution is 0.297. The van der Waals surface area contributed by atoms with E-state index in [1.807, 2.05) is 25.2 Å². The molecule has 0 aliphatic heterocycles. The van der Waals surface area contributed by atoms with Crippen molar-refractivity contribution in [1.82, 2.24) is 4.57 Å². The molecule has 0 aliphatic carbocycles. The fraction of sp³-hybridized carbons (Fsp3) is 0.273. The van der Waals surface area contributed by atoms with Crippen LogP contribution < -0.4 is 0 Å². The molecule has 1 aromatic carbocycles. The number of benzene rings is 1. The van der Waals surface area contributed by atoms with Gasteiger partial charge < -0.3 is 9.67 Å². The van der Waals surface area contributed by atoms with Crippen LogP contribution in [0.3, 0.4) is 0 Å². The Labute approximate surface area is 78.8 Å². The van der Waals surface area contributed by atoms with Crippen LogP contribution in [0.1, 0.15) is 7.06 Å². The molecule has 0 unspecified atom stereocenters. The van der Waals surface area contributed by atoms with E-state index in [0.717, 1.165) is 16.6 Å². The summed E-state index contributed by atoms with van der Waals surface area (Å²) in [5.41, 5.74) is 2.22. The third kappa shape index (κ3) is 1.33. The lowest BCUT2D eigenvalue weighted by Crippen LogP contribution is -1.98. The molecule has 0 radical (unpaired) electrons. The predicted molar refractivity (Wildman–Crippen MR) is 53.7 cm³/mol. The van der Waals surface area contributed by atoms with Gasteiger partial charge in [0, 0.05) is 31.3 Å².